The number of nitro benzene ring substituents is 1. The van der Waals surface area contributed by atoms with Gasteiger partial charge in [-0.2, -0.15) is 0 Å². The maximum Gasteiger partial charge on any atom is 0.273 e. The lowest BCUT2D eigenvalue weighted by Gasteiger charge is -2.55. The zero-order valence-corrected chi connectivity index (χ0v) is 13.1. The molecule has 0 amide bonds. The molecule has 1 aromatic rings. The molecule has 4 nitrogen and oxygen atoms in total. The van der Waals surface area contributed by atoms with Crippen LogP contribution in [0.5, 0.6) is 5.75 Å². The first-order valence-corrected chi connectivity index (χ1v) is 8.09. The van der Waals surface area contributed by atoms with Crippen molar-refractivity contribution in [2.24, 2.45) is 5.41 Å². The van der Waals surface area contributed by atoms with Crippen LogP contribution in [0.4, 0.5) is 5.69 Å². The molecule has 2 aliphatic carbocycles. The molecular formula is C15H17Cl2NO3. The Kier molecular flexibility index (Phi) is 4.02. The fourth-order valence-electron chi connectivity index (χ4n) is 3.56. The first-order valence-electron chi connectivity index (χ1n) is 7.27. The van der Waals surface area contributed by atoms with Crippen molar-refractivity contribution in [3.05, 3.63) is 33.3 Å². The number of hydrogen-bond acceptors (Lipinski definition) is 3. The van der Waals surface area contributed by atoms with Crippen LogP contribution in [0.25, 0.3) is 0 Å². The molecule has 0 saturated heterocycles. The minimum atomic E-state index is -0.440. The van der Waals surface area contributed by atoms with Crippen LogP contribution in [-0.4, -0.2) is 16.4 Å². The van der Waals surface area contributed by atoms with Gasteiger partial charge in [-0.1, -0.05) is 30.9 Å². The fraction of sp³-hybridized carbons (Fsp3) is 0.600. The molecule has 2 fully saturated rings. The van der Waals surface area contributed by atoms with Crippen molar-refractivity contribution in [1.29, 1.82) is 0 Å². The van der Waals surface area contributed by atoms with Crippen molar-refractivity contribution >= 4 is 28.9 Å². The molecule has 0 radical (unpaired) electrons. The average Bonchev–Trinajstić information content (AvgIpc) is 2.49. The van der Waals surface area contributed by atoms with E-state index in [1.165, 1.54) is 37.5 Å². The standard InChI is InChI=1S/C15H17Cl2NO3/c16-11-5-4-10(18(19)20)8-12(11)21-14-9-13(17)15(14)6-2-1-3-7-15/h4-5,8,13-14H,1-3,6-7,9H2. The van der Waals surface area contributed by atoms with E-state index in [9.17, 15) is 10.1 Å². The lowest BCUT2D eigenvalue weighted by molar-refractivity contribution is -0.385. The monoisotopic (exact) mass is 329 g/mol. The van der Waals surface area contributed by atoms with E-state index in [-0.39, 0.29) is 22.6 Å². The highest BCUT2D eigenvalue weighted by Crippen LogP contribution is 2.56. The third-order valence-electron chi connectivity index (χ3n) is 4.87. The largest absolute Gasteiger partial charge is 0.488 e. The van der Waals surface area contributed by atoms with Crippen LogP contribution in [0.3, 0.4) is 0 Å². The van der Waals surface area contributed by atoms with Crippen molar-refractivity contribution in [1.82, 2.24) is 0 Å². The van der Waals surface area contributed by atoms with Crippen molar-refractivity contribution in [3.8, 4) is 5.75 Å². The van der Waals surface area contributed by atoms with Crippen molar-refractivity contribution in [2.75, 3.05) is 0 Å². The van der Waals surface area contributed by atoms with E-state index in [1.54, 1.807) is 0 Å². The lowest BCUT2D eigenvalue weighted by Crippen LogP contribution is -2.58. The number of ether oxygens (including phenoxy) is 1. The summed E-state index contributed by atoms with van der Waals surface area (Å²) in [6.45, 7) is 0. The molecule has 0 bridgehead atoms. The van der Waals surface area contributed by atoms with Gasteiger partial charge in [0.05, 0.1) is 16.0 Å². The second kappa shape index (κ2) is 5.65. The van der Waals surface area contributed by atoms with Crippen LogP contribution >= 0.6 is 23.2 Å². The Morgan fingerprint density at radius 3 is 2.62 bits per heavy atom. The summed E-state index contributed by atoms with van der Waals surface area (Å²) in [5.74, 6) is 0.393. The molecule has 0 N–H and O–H groups in total. The molecule has 2 unspecified atom stereocenters. The first kappa shape index (κ1) is 14.9. The summed E-state index contributed by atoms with van der Waals surface area (Å²) >= 11 is 12.6. The summed E-state index contributed by atoms with van der Waals surface area (Å²) in [7, 11) is 0. The van der Waals surface area contributed by atoms with Gasteiger partial charge in [0.1, 0.15) is 11.9 Å². The quantitative estimate of drug-likeness (QED) is 0.447. The third kappa shape index (κ3) is 2.59. The number of alkyl halides is 1. The fourth-order valence-corrected chi connectivity index (χ4v) is 4.24. The molecule has 1 spiro atoms. The van der Waals surface area contributed by atoms with Crippen LogP contribution in [0.1, 0.15) is 38.5 Å². The van der Waals surface area contributed by atoms with Gasteiger partial charge >= 0.3 is 0 Å². The van der Waals surface area contributed by atoms with Crippen LogP contribution in [-0.2, 0) is 0 Å². The van der Waals surface area contributed by atoms with Gasteiger partial charge in [-0.05, 0) is 18.9 Å². The highest BCUT2D eigenvalue weighted by atomic mass is 35.5. The summed E-state index contributed by atoms with van der Waals surface area (Å²) < 4.78 is 6.01. The van der Waals surface area contributed by atoms with E-state index >= 15 is 0 Å². The number of rotatable bonds is 3. The highest BCUT2D eigenvalue weighted by molar-refractivity contribution is 6.32. The molecular weight excluding hydrogens is 313 g/mol. The molecule has 2 atom stereocenters. The minimum Gasteiger partial charge on any atom is -0.488 e. The molecule has 1 aromatic carbocycles. The Hall–Kier alpha value is -1.00. The van der Waals surface area contributed by atoms with E-state index in [0.717, 1.165) is 19.3 Å². The normalized spacial score (nSPS) is 27.1. The molecule has 2 aliphatic rings. The number of halogens is 2. The smallest absolute Gasteiger partial charge is 0.273 e. The summed E-state index contributed by atoms with van der Waals surface area (Å²) in [5, 5.41) is 11.4. The van der Waals surface area contributed by atoms with Gasteiger partial charge in [0.2, 0.25) is 0 Å². The van der Waals surface area contributed by atoms with E-state index in [0.29, 0.717) is 10.8 Å². The molecule has 0 heterocycles. The Balaban J connectivity index is 1.80. The Morgan fingerprint density at radius 1 is 1.29 bits per heavy atom. The maximum atomic E-state index is 10.9. The molecule has 2 saturated carbocycles. The highest BCUT2D eigenvalue weighted by Gasteiger charge is 2.56. The van der Waals surface area contributed by atoms with Gasteiger partial charge in [-0.3, -0.25) is 10.1 Å². The Morgan fingerprint density at radius 2 is 2.00 bits per heavy atom. The van der Waals surface area contributed by atoms with Gasteiger partial charge in [0.15, 0.2) is 0 Å². The second-order valence-corrected chi connectivity index (χ2v) is 6.91. The molecule has 21 heavy (non-hydrogen) atoms. The van der Waals surface area contributed by atoms with Crippen LogP contribution in [0.2, 0.25) is 5.02 Å². The number of nitro groups is 1. The van der Waals surface area contributed by atoms with Gasteiger partial charge in [-0.25, -0.2) is 0 Å². The predicted octanol–water partition coefficient (Wildman–Crippen LogP) is 4.96. The number of non-ortho nitro benzene ring substituents is 1. The molecule has 114 valence electrons. The van der Waals surface area contributed by atoms with Gasteiger partial charge in [0.25, 0.3) is 5.69 Å². The van der Waals surface area contributed by atoms with E-state index < -0.39 is 4.92 Å². The van der Waals surface area contributed by atoms with Crippen molar-refractivity contribution < 1.29 is 9.66 Å². The van der Waals surface area contributed by atoms with Crippen LogP contribution in [0.15, 0.2) is 18.2 Å². The van der Waals surface area contributed by atoms with Crippen molar-refractivity contribution in [3.63, 3.8) is 0 Å². The molecule has 0 aromatic heterocycles. The summed E-state index contributed by atoms with van der Waals surface area (Å²) in [4.78, 5) is 10.4. The van der Waals surface area contributed by atoms with Crippen LogP contribution in [0, 0.1) is 15.5 Å². The number of hydrogen-bond donors (Lipinski definition) is 0. The summed E-state index contributed by atoms with van der Waals surface area (Å²) in [6, 6.07) is 4.30. The average molecular weight is 330 g/mol. The number of nitrogens with zero attached hydrogens (tertiary/aromatic N) is 1. The summed E-state index contributed by atoms with van der Waals surface area (Å²) in [6.07, 6.45) is 6.52. The van der Waals surface area contributed by atoms with Crippen LogP contribution < -0.4 is 4.74 Å². The maximum absolute atomic E-state index is 10.9. The van der Waals surface area contributed by atoms with E-state index in [1.807, 2.05) is 0 Å². The zero-order valence-electron chi connectivity index (χ0n) is 11.6. The Labute approximate surface area is 133 Å². The van der Waals surface area contributed by atoms with E-state index in [2.05, 4.69) is 0 Å². The lowest BCUT2D eigenvalue weighted by atomic mass is 9.58. The first-order chi connectivity index (χ1) is 10.0. The molecule has 6 heteroatoms. The minimum absolute atomic E-state index is 0.00570. The van der Waals surface area contributed by atoms with Gasteiger partial charge < -0.3 is 4.74 Å². The van der Waals surface area contributed by atoms with Gasteiger partial charge in [-0.15, -0.1) is 11.6 Å². The zero-order chi connectivity index (χ0) is 15.0. The predicted molar refractivity (Wildman–Crippen MR) is 82.3 cm³/mol. The third-order valence-corrected chi connectivity index (χ3v) is 5.79. The topological polar surface area (TPSA) is 52.4 Å². The molecule has 0 aliphatic heterocycles. The van der Waals surface area contributed by atoms with Gasteiger partial charge in [0, 0.05) is 23.3 Å². The Bertz CT molecular complexity index is 558. The van der Waals surface area contributed by atoms with Crippen molar-refractivity contribution in [2.45, 2.75) is 50.0 Å². The van der Waals surface area contributed by atoms with E-state index in [4.69, 9.17) is 27.9 Å². The second-order valence-electron chi connectivity index (χ2n) is 5.98. The number of benzene rings is 1. The molecule has 3 rings (SSSR count). The SMILES string of the molecule is O=[N+]([O-])c1ccc(Cl)c(OC2CC(Cl)C23CCCCC3)c1. The summed E-state index contributed by atoms with van der Waals surface area (Å²) in [5.41, 5.74) is 0.0159.